The van der Waals surface area contributed by atoms with Gasteiger partial charge in [-0.2, -0.15) is 0 Å². The van der Waals surface area contributed by atoms with Crippen molar-refractivity contribution in [2.75, 3.05) is 6.61 Å². The van der Waals surface area contributed by atoms with Crippen LogP contribution < -0.4 is 10.4 Å². The van der Waals surface area contributed by atoms with Gasteiger partial charge in [0.2, 0.25) is 11.8 Å². The first kappa shape index (κ1) is 40.4. The number of carbonyl (C=O) groups is 2. The van der Waals surface area contributed by atoms with E-state index in [1.54, 1.807) is 4.90 Å². The summed E-state index contributed by atoms with van der Waals surface area (Å²) in [4.78, 5) is 30.7. The summed E-state index contributed by atoms with van der Waals surface area (Å²) in [5.74, 6) is -1.03. The van der Waals surface area contributed by atoms with Crippen molar-refractivity contribution in [3.63, 3.8) is 0 Å². The third-order valence-corrected chi connectivity index (χ3v) is 18.2. The number of imide groups is 1. The average Bonchev–Trinajstić information content (AvgIpc) is 3.44. The summed E-state index contributed by atoms with van der Waals surface area (Å²) < 4.78 is 14.1. The number of allylic oxidation sites excluding steroid dienone is 1. The summed E-state index contributed by atoms with van der Waals surface area (Å²) in [6, 6.07) is 25.2. The number of phenolic OH excluding ortho intramolecular Hbond substituents is 1. The molecular weight excluding hydrogens is 713 g/mol. The molecule has 2 saturated heterocycles. The highest BCUT2D eigenvalue weighted by Gasteiger charge is 2.59. The topological polar surface area (TPSA) is 96.3 Å². The minimum absolute atomic E-state index is 0.0397. The smallest absolute Gasteiger partial charge is 0.455 e. The first-order valence-electron chi connectivity index (χ1n) is 21.0. The van der Waals surface area contributed by atoms with E-state index >= 15 is 0 Å². The predicted octanol–water partition coefficient (Wildman–Crippen LogP) is 8.29. The second-order valence-corrected chi connectivity index (χ2v) is 22.1. The maximum atomic E-state index is 14.5. The lowest BCUT2D eigenvalue weighted by molar-refractivity contribution is -0.143. The van der Waals surface area contributed by atoms with Crippen molar-refractivity contribution in [1.29, 1.82) is 0 Å². The number of aromatic hydroxyl groups is 1. The Balaban J connectivity index is 1.29. The average molecular weight is 774 g/mol. The third-order valence-electron chi connectivity index (χ3n) is 13.2. The van der Waals surface area contributed by atoms with E-state index < -0.39 is 33.4 Å². The normalized spacial score (nSPS) is 23.8. The molecule has 56 heavy (non-hydrogen) atoms. The van der Waals surface area contributed by atoms with Crippen molar-refractivity contribution in [3.05, 3.63) is 106 Å². The molecule has 296 valence electrons. The Morgan fingerprint density at radius 3 is 2.11 bits per heavy atom. The number of fused-ring (bicyclic) bond motifs is 3. The maximum absolute atomic E-state index is 14.5. The van der Waals surface area contributed by atoms with Crippen LogP contribution in [0.5, 0.6) is 5.75 Å². The standard InChI is InChI=1S/C47H60BNO6Si/c1-7-33(27-34-25-31(2)44(50)32(3)26-34)23-24-41-42-35(30-54-56(47(4,5)6,37-19-13-9-14-20-37)38-21-15-10-16-22-38)28-39-43(40(42)29-48(53)55-41)46(52)49(45(39)51)36-17-11-8-12-18-36/h9-10,13-16,19-22,25-27,36,39-41,43,50,53H,7-8,11-12,17-18,23-24,28-30H2,1-6H3/b33-27+/t39-,40+,41-,43-/m1/s1. The number of phenols is 1. The van der Waals surface area contributed by atoms with Crippen LogP contribution in [0, 0.1) is 31.6 Å². The fraction of sp³-hybridized carbons (Fsp3) is 0.489. The van der Waals surface area contributed by atoms with Gasteiger partial charge in [-0.1, -0.05) is 119 Å². The lowest BCUT2D eigenvalue weighted by Gasteiger charge is -2.46. The number of likely N-dealkylation sites (tertiary alicyclic amines) is 1. The van der Waals surface area contributed by atoms with Crippen molar-refractivity contribution in [3.8, 4) is 5.75 Å². The molecule has 2 heterocycles. The molecule has 7 nitrogen and oxygen atoms in total. The van der Waals surface area contributed by atoms with Gasteiger partial charge in [-0.3, -0.25) is 14.5 Å². The molecule has 0 radical (unpaired) electrons. The predicted molar refractivity (Wildman–Crippen MR) is 227 cm³/mol. The van der Waals surface area contributed by atoms with Crippen LogP contribution in [0.4, 0.5) is 0 Å². The molecule has 4 atom stereocenters. The van der Waals surface area contributed by atoms with E-state index in [0.717, 1.165) is 72.8 Å². The second kappa shape index (κ2) is 16.6. The quantitative estimate of drug-likeness (QED) is 0.116. The van der Waals surface area contributed by atoms with Crippen LogP contribution in [0.2, 0.25) is 11.4 Å². The van der Waals surface area contributed by atoms with Crippen LogP contribution in [0.25, 0.3) is 6.08 Å². The molecular formula is C47H60BNO6Si. The Hall–Kier alpha value is -3.76. The summed E-state index contributed by atoms with van der Waals surface area (Å²) in [7, 11) is -3.98. The molecule has 2 amide bonds. The van der Waals surface area contributed by atoms with Gasteiger partial charge in [0.15, 0.2) is 0 Å². The molecule has 4 aliphatic rings. The molecule has 1 saturated carbocycles. The number of nitrogens with zero attached hydrogens (tertiary/aromatic N) is 1. The van der Waals surface area contributed by atoms with Crippen LogP contribution in [0.15, 0.2) is 89.5 Å². The zero-order valence-corrected chi connectivity index (χ0v) is 35.2. The first-order chi connectivity index (χ1) is 26.8. The fourth-order valence-electron chi connectivity index (χ4n) is 10.6. The van der Waals surface area contributed by atoms with Crippen LogP contribution in [0.3, 0.4) is 0 Å². The van der Waals surface area contributed by atoms with Crippen molar-refractivity contribution in [2.45, 2.75) is 123 Å². The van der Waals surface area contributed by atoms with Gasteiger partial charge < -0.3 is 19.2 Å². The Morgan fingerprint density at radius 2 is 1.54 bits per heavy atom. The third kappa shape index (κ3) is 7.64. The Bertz CT molecular complexity index is 1900. The van der Waals surface area contributed by atoms with Crippen molar-refractivity contribution < 1.29 is 28.8 Å². The van der Waals surface area contributed by atoms with E-state index in [4.69, 9.17) is 9.08 Å². The van der Waals surface area contributed by atoms with E-state index in [-0.39, 0.29) is 35.1 Å². The number of amides is 2. The van der Waals surface area contributed by atoms with E-state index in [0.29, 0.717) is 25.2 Å². The summed E-state index contributed by atoms with van der Waals surface area (Å²) in [5.41, 5.74) is 6.10. The molecule has 0 bridgehead atoms. The number of carbonyl (C=O) groups excluding carboxylic acids is 2. The Kier molecular flexibility index (Phi) is 12.0. The molecule has 7 rings (SSSR count). The number of hydrogen-bond donors (Lipinski definition) is 2. The lowest BCUT2D eigenvalue weighted by Crippen LogP contribution is -2.66. The zero-order valence-electron chi connectivity index (χ0n) is 34.2. The lowest BCUT2D eigenvalue weighted by atomic mass is 9.58. The molecule has 3 fully saturated rings. The molecule has 2 aliphatic heterocycles. The van der Waals surface area contributed by atoms with Crippen molar-refractivity contribution >= 4 is 43.7 Å². The van der Waals surface area contributed by atoms with Gasteiger partial charge in [0.25, 0.3) is 8.32 Å². The Labute approximate surface area is 335 Å². The highest BCUT2D eigenvalue weighted by Crippen LogP contribution is 2.52. The zero-order chi connectivity index (χ0) is 39.8. The number of hydrogen-bond acceptors (Lipinski definition) is 6. The monoisotopic (exact) mass is 773 g/mol. The SMILES string of the molecule is CC/C(=C\c1cc(C)c(O)c(C)c1)CC[C@H]1OB(O)C[C@H]2C1=C(CO[Si](c1ccccc1)(c1ccccc1)C(C)(C)C)C[C@H]1C(=O)N(C3CCCCC3)C(=O)[C@H]12. The highest BCUT2D eigenvalue weighted by molar-refractivity contribution is 6.99. The minimum atomic E-state index is -2.94. The van der Waals surface area contributed by atoms with Gasteiger partial charge >= 0.3 is 7.12 Å². The second-order valence-electron chi connectivity index (χ2n) is 17.8. The summed E-state index contributed by atoms with van der Waals surface area (Å²) in [5, 5.41) is 23.9. The van der Waals surface area contributed by atoms with Crippen LogP contribution in [0.1, 0.15) is 102 Å². The van der Waals surface area contributed by atoms with Gasteiger partial charge in [0, 0.05) is 6.04 Å². The van der Waals surface area contributed by atoms with Gasteiger partial charge in [0.1, 0.15) is 5.75 Å². The Morgan fingerprint density at radius 1 is 0.929 bits per heavy atom. The number of benzene rings is 3. The first-order valence-corrected chi connectivity index (χ1v) is 22.9. The van der Waals surface area contributed by atoms with Gasteiger partial charge in [-0.05, 0) is 120 Å². The van der Waals surface area contributed by atoms with Gasteiger partial charge in [-0.15, -0.1) is 0 Å². The molecule has 0 aromatic heterocycles. The molecule has 3 aromatic rings. The molecule has 3 aromatic carbocycles. The largest absolute Gasteiger partial charge is 0.507 e. The van der Waals surface area contributed by atoms with Gasteiger partial charge in [-0.25, -0.2) is 0 Å². The highest BCUT2D eigenvalue weighted by atomic mass is 28.4. The summed E-state index contributed by atoms with van der Waals surface area (Å²) in [6.45, 7) is 13.1. The fourth-order valence-corrected chi connectivity index (χ4v) is 15.1. The maximum Gasteiger partial charge on any atom is 0.455 e. The van der Waals surface area contributed by atoms with Gasteiger partial charge in [0.05, 0.1) is 24.5 Å². The molecule has 2 N–H and O–H groups in total. The number of rotatable bonds is 11. The summed E-state index contributed by atoms with van der Waals surface area (Å²) >= 11 is 0. The van der Waals surface area contributed by atoms with E-state index in [1.807, 2.05) is 38.1 Å². The minimum Gasteiger partial charge on any atom is -0.507 e. The van der Waals surface area contributed by atoms with E-state index in [9.17, 15) is 19.7 Å². The number of aryl methyl sites for hydroxylation is 2. The van der Waals surface area contributed by atoms with Crippen LogP contribution in [-0.2, 0) is 18.7 Å². The summed E-state index contributed by atoms with van der Waals surface area (Å²) in [6.07, 6.45) is 9.68. The molecule has 2 aliphatic carbocycles. The van der Waals surface area contributed by atoms with Crippen LogP contribution in [-0.4, -0.2) is 61.0 Å². The van der Waals surface area contributed by atoms with Crippen molar-refractivity contribution in [2.24, 2.45) is 17.8 Å². The molecule has 9 heteroatoms. The van der Waals surface area contributed by atoms with E-state index in [2.05, 4.69) is 82.3 Å². The van der Waals surface area contributed by atoms with Crippen molar-refractivity contribution in [1.82, 2.24) is 4.90 Å². The molecule has 0 unspecified atom stereocenters. The molecule has 0 spiro atoms. The van der Waals surface area contributed by atoms with E-state index in [1.165, 1.54) is 15.9 Å². The van der Waals surface area contributed by atoms with Crippen LogP contribution >= 0.6 is 0 Å².